The lowest BCUT2D eigenvalue weighted by Gasteiger charge is -2.19. The summed E-state index contributed by atoms with van der Waals surface area (Å²) in [5.74, 6) is 0.579. The SMILES string of the molecule is CCN(CC)/C(C)=N/c1nc2ccc(OC(F)(F)F)cc2s1. The van der Waals surface area contributed by atoms with Crippen molar-refractivity contribution in [1.82, 2.24) is 9.88 Å². The lowest BCUT2D eigenvalue weighted by Crippen LogP contribution is -2.27. The van der Waals surface area contributed by atoms with Gasteiger partial charge < -0.3 is 9.64 Å². The van der Waals surface area contributed by atoms with Gasteiger partial charge in [-0.05, 0) is 32.9 Å². The van der Waals surface area contributed by atoms with Crippen LogP contribution in [0.1, 0.15) is 20.8 Å². The fraction of sp³-hybridized carbons (Fsp3) is 0.429. The van der Waals surface area contributed by atoms with Crippen LogP contribution in [0.2, 0.25) is 0 Å². The number of ether oxygens (including phenoxy) is 1. The average molecular weight is 331 g/mol. The van der Waals surface area contributed by atoms with Gasteiger partial charge in [0.05, 0.1) is 10.2 Å². The van der Waals surface area contributed by atoms with Crippen LogP contribution in [0.5, 0.6) is 5.75 Å². The fourth-order valence-electron chi connectivity index (χ4n) is 2.03. The van der Waals surface area contributed by atoms with Crippen molar-refractivity contribution >= 4 is 32.5 Å². The van der Waals surface area contributed by atoms with Gasteiger partial charge in [-0.3, -0.25) is 0 Å². The van der Waals surface area contributed by atoms with Gasteiger partial charge in [-0.1, -0.05) is 11.3 Å². The van der Waals surface area contributed by atoms with Crippen LogP contribution in [0.15, 0.2) is 23.2 Å². The summed E-state index contributed by atoms with van der Waals surface area (Å²) >= 11 is 1.23. The molecule has 0 saturated carbocycles. The first kappa shape index (κ1) is 16.5. The Labute approximate surface area is 130 Å². The quantitative estimate of drug-likeness (QED) is 0.607. The summed E-state index contributed by atoms with van der Waals surface area (Å²) in [7, 11) is 0. The Morgan fingerprint density at radius 2 is 2.00 bits per heavy atom. The average Bonchev–Trinajstić information content (AvgIpc) is 2.79. The molecule has 0 amide bonds. The van der Waals surface area contributed by atoms with Crippen molar-refractivity contribution in [1.29, 1.82) is 0 Å². The second kappa shape index (κ2) is 6.51. The zero-order valence-electron chi connectivity index (χ0n) is 12.4. The number of aromatic nitrogens is 1. The molecule has 0 fully saturated rings. The molecule has 0 unspecified atom stereocenters. The highest BCUT2D eigenvalue weighted by atomic mass is 32.1. The molecule has 2 rings (SSSR count). The third-order valence-corrected chi connectivity index (χ3v) is 3.97. The van der Waals surface area contributed by atoms with E-state index in [0.717, 1.165) is 18.9 Å². The van der Waals surface area contributed by atoms with Gasteiger partial charge in [-0.25, -0.2) is 9.98 Å². The summed E-state index contributed by atoms with van der Waals surface area (Å²) in [4.78, 5) is 10.8. The number of nitrogens with zero attached hydrogens (tertiary/aromatic N) is 3. The minimum atomic E-state index is -4.70. The molecule has 4 nitrogen and oxygen atoms in total. The molecule has 1 aromatic carbocycles. The third-order valence-electron chi connectivity index (χ3n) is 3.06. The van der Waals surface area contributed by atoms with E-state index < -0.39 is 6.36 Å². The van der Waals surface area contributed by atoms with Crippen LogP contribution in [0.25, 0.3) is 10.2 Å². The van der Waals surface area contributed by atoms with Crippen molar-refractivity contribution in [2.45, 2.75) is 27.1 Å². The molecular formula is C14H16F3N3OS. The smallest absolute Gasteiger partial charge is 0.406 e. The summed E-state index contributed by atoms with van der Waals surface area (Å²) in [6.07, 6.45) is -4.70. The minimum absolute atomic E-state index is 0.250. The van der Waals surface area contributed by atoms with Crippen LogP contribution < -0.4 is 4.74 Å². The molecule has 22 heavy (non-hydrogen) atoms. The molecule has 0 spiro atoms. The van der Waals surface area contributed by atoms with E-state index in [1.54, 1.807) is 0 Å². The van der Waals surface area contributed by atoms with Gasteiger partial charge in [-0.15, -0.1) is 13.2 Å². The predicted molar refractivity (Wildman–Crippen MR) is 82.0 cm³/mol. The molecule has 0 saturated heterocycles. The number of rotatable bonds is 4. The van der Waals surface area contributed by atoms with Gasteiger partial charge in [-0.2, -0.15) is 0 Å². The Morgan fingerprint density at radius 3 is 2.59 bits per heavy atom. The lowest BCUT2D eigenvalue weighted by molar-refractivity contribution is -0.274. The highest BCUT2D eigenvalue weighted by Crippen LogP contribution is 2.32. The van der Waals surface area contributed by atoms with Crippen molar-refractivity contribution in [3.8, 4) is 5.75 Å². The molecule has 2 aromatic rings. The number of thiazole rings is 1. The summed E-state index contributed by atoms with van der Waals surface area (Å²) in [6, 6.07) is 4.07. The van der Waals surface area contributed by atoms with Gasteiger partial charge in [0.25, 0.3) is 0 Å². The van der Waals surface area contributed by atoms with Crippen LogP contribution >= 0.6 is 11.3 Å². The predicted octanol–water partition coefficient (Wildman–Crippen LogP) is 4.59. The zero-order chi connectivity index (χ0) is 16.3. The number of aliphatic imine (C=N–C) groups is 1. The number of hydrogen-bond donors (Lipinski definition) is 0. The number of benzene rings is 1. The molecule has 0 bridgehead atoms. The van der Waals surface area contributed by atoms with Crippen molar-refractivity contribution in [2.75, 3.05) is 13.1 Å². The van der Waals surface area contributed by atoms with Crippen LogP contribution in [-0.4, -0.2) is 35.2 Å². The normalized spacial score (nSPS) is 12.7. The summed E-state index contributed by atoms with van der Waals surface area (Å²) in [5, 5.41) is 0.517. The second-order valence-electron chi connectivity index (χ2n) is 4.51. The third kappa shape index (κ3) is 4.09. The first-order valence-electron chi connectivity index (χ1n) is 6.79. The summed E-state index contributed by atoms with van der Waals surface area (Å²) < 4.78 is 41.2. The Hall–Kier alpha value is -1.83. The highest BCUT2D eigenvalue weighted by Gasteiger charge is 2.31. The summed E-state index contributed by atoms with van der Waals surface area (Å²) in [5.41, 5.74) is 0.602. The van der Waals surface area contributed by atoms with Gasteiger partial charge in [0.2, 0.25) is 5.13 Å². The molecule has 120 valence electrons. The number of halogens is 3. The highest BCUT2D eigenvalue weighted by molar-refractivity contribution is 7.22. The molecule has 0 aliphatic rings. The molecule has 1 heterocycles. The standard InChI is InChI=1S/C14H16F3N3OS/c1-4-20(5-2)9(3)18-13-19-11-7-6-10(8-12(11)22-13)21-14(15,16)17/h6-8H,4-5H2,1-3H3/b18-9+. The van der Waals surface area contributed by atoms with Crippen molar-refractivity contribution in [3.05, 3.63) is 18.2 Å². The van der Waals surface area contributed by atoms with E-state index in [9.17, 15) is 13.2 Å². The molecule has 0 radical (unpaired) electrons. The first-order valence-corrected chi connectivity index (χ1v) is 7.60. The Balaban J connectivity index is 2.29. The maximum absolute atomic E-state index is 12.2. The number of amidine groups is 1. The zero-order valence-corrected chi connectivity index (χ0v) is 13.3. The van der Waals surface area contributed by atoms with Gasteiger partial charge >= 0.3 is 6.36 Å². The van der Waals surface area contributed by atoms with Gasteiger partial charge in [0, 0.05) is 19.2 Å². The largest absolute Gasteiger partial charge is 0.573 e. The van der Waals surface area contributed by atoms with E-state index >= 15 is 0 Å². The molecule has 0 aliphatic heterocycles. The maximum atomic E-state index is 12.2. The fourth-order valence-corrected chi connectivity index (χ4v) is 2.94. The second-order valence-corrected chi connectivity index (χ2v) is 5.51. The monoisotopic (exact) mass is 331 g/mol. The van der Waals surface area contributed by atoms with E-state index in [1.807, 2.05) is 20.8 Å². The van der Waals surface area contributed by atoms with E-state index in [-0.39, 0.29) is 5.75 Å². The Morgan fingerprint density at radius 1 is 1.32 bits per heavy atom. The van der Waals surface area contributed by atoms with E-state index in [1.165, 1.54) is 29.5 Å². The number of hydrogen-bond acceptors (Lipinski definition) is 4. The molecule has 0 aliphatic carbocycles. The van der Waals surface area contributed by atoms with Crippen molar-refractivity contribution in [2.24, 2.45) is 4.99 Å². The lowest BCUT2D eigenvalue weighted by atomic mass is 10.3. The molecule has 8 heteroatoms. The van der Waals surface area contributed by atoms with Gasteiger partial charge in [0.1, 0.15) is 11.6 Å². The molecule has 0 atom stereocenters. The van der Waals surface area contributed by atoms with Crippen molar-refractivity contribution in [3.63, 3.8) is 0 Å². The van der Waals surface area contributed by atoms with E-state index in [0.29, 0.717) is 15.3 Å². The van der Waals surface area contributed by atoms with Gasteiger partial charge in [0.15, 0.2) is 0 Å². The van der Waals surface area contributed by atoms with Crippen LogP contribution in [0.3, 0.4) is 0 Å². The molecule has 1 aromatic heterocycles. The Bertz CT molecular complexity index is 678. The van der Waals surface area contributed by atoms with Crippen molar-refractivity contribution < 1.29 is 17.9 Å². The topological polar surface area (TPSA) is 37.7 Å². The number of fused-ring (bicyclic) bond motifs is 1. The number of alkyl halides is 3. The van der Waals surface area contributed by atoms with E-state index in [4.69, 9.17) is 0 Å². The molecular weight excluding hydrogens is 315 g/mol. The first-order chi connectivity index (χ1) is 10.3. The van der Waals surface area contributed by atoms with E-state index in [2.05, 4.69) is 19.6 Å². The van der Waals surface area contributed by atoms with Crippen LogP contribution in [-0.2, 0) is 0 Å². The van der Waals surface area contributed by atoms with Crippen LogP contribution in [0.4, 0.5) is 18.3 Å². The Kier molecular flexibility index (Phi) is 4.90. The maximum Gasteiger partial charge on any atom is 0.573 e. The van der Waals surface area contributed by atoms with Crippen LogP contribution in [0, 0.1) is 0 Å². The molecule has 0 N–H and O–H groups in total. The minimum Gasteiger partial charge on any atom is -0.406 e. The summed E-state index contributed by atoms with van der Waals surface area (Å²) in [6.45, 7) is 7.61.